The Bertz CT molecular complexity index is 837. The third kappa shape index (κ3) is 3.44. The second kappa shape index (κ2) is 7.16. The van der Waals surface area contributed by atoms with Crippen LogP contribution in [0.2, 0.25) is 0 Å². The summed E-state index contributed by atoms with van der Waals surface area (Å²) in [7, 11) is 0. The van der Waals surface area contributed by atoms with E-state index in [4.69, 9.17) is 0 Å². The molecule has 1 aliphatic heterocycles. The summed E-state index contributed by atoms with van der Waals surface area (Å²) in [4.78, 5) is 2.35. The van der Waals surface area contributed by atoms with E-state index in [1.807, 2.05) is 0 Å². The van der Waals surface area contributed by atoms with Gasteiger partial charge in [-0.05, 0) is 61.2 Å². The van der Waals surface area contributed by atoms with Gasteiger partial charge in [0.15, 0.2) is 0 Å². The van der Waals surface area contributed by atoms with Crippen molar-refractivity contribution in [1.82, 2.24) is 10.2 Å². The summed E-state index contributed by atoms with van der Waals surface area (Å²) in [6, 6.07) is 10.8. The zero-order chi connectivity index (χ0) is 20.1. The summed E-state index contributed by atoms with van der Waals surface area (Å²) in [5.41, 5.74) is 2.01. The van der Waals surface area contributed by atoms with E-state index < -0.39 is 11.7 Å². The minimum absolute atomic E-state index is 0.0304. The first-order valence-electron chi connectivity index (χ1n) is 9.70. The number of nitrogens with one attached hydrogen (secondary N) is 1. The van der Waals surface area contributed by atoms with Crippen LogP contribution in [-0.2, 0) is 6.18 Å². The van der Waals surface area contributed by atoms with E-state index in [1.165, 1.54) is 24.3 Å². The van der Waals surface area contributed by atoms with Crippen molar-refractivity contribution in [3.8, 4) is 0 Å². The number of hydrogen-bond acceptors (Lipinski definition) is 2. The molecule has 0 radical (unpaired) electrons. The molecule has 0 saturated carbocycles. The second-order valence-electron chi connectivity index (χ2n) is 8.00. The molecule has 2 aliphatic rings. The van der Waals surface area contributed by atoms with Crippen molar-refractivity contribution in [2.24, 2.45) is 0 Å². The normalized spacial score (nSPS) is 28.4. The van der Waals surface area contributed by atoms with Crippen LogP contribution in [0.4, 0.5) is 17.6 Å². The third-order valence-corrected chi connectivity index (χ3v) is 6.14. The summed E-state index contributed by atoms with van der Waals surface area (Å²) in [5.74, 6) is -0.340. The highest BCUT2D eigenvalue weighted by Gasteiger charge is 2.41. The van der Waals surface area contributed by atoms with Crippen LogP contribution in [-0.4, -0.2) is 30.1 Å². The van der Waals surface area contributed by atoms with Gasteiger partial charge in [-0.2, -0.15) is 13.2 Å². The molecule has 1 fully saturated rings. The molecule has 1 N–H and O–H groups in total. The van der Waals surface area contributed by atoms with Gasteiger partial charge in [-0.3, -0.25) is 4.90 Å². The molecule has 1 aliphatic carbocycles. The van der Waals surface area contributed by atoms with E-state index in [0.29, 0.717) is 6.42 Å². The van der Waals surface area contributed by atoms with Gasteiger partial charge >= 0.3 is 6.18 Å². The van der Waals surface area contributed by atoms with Crippen molar-refractivity contribution in [2.75, 3.05) is 13.1 Å². The van der Waals surface area contributed by atoms with Crippen LogP contribution >= 0.6 is 0 Å². The van der Waals surface area contributed by atoms with Crippen LogP contribution < -0.4 is 5.32 Å². The van der Waals surface area contributed by atoms with Gasteiger partial charge in [0.2, 0.25) is 0 Å². The fourth-order valence-electron chi connectivity index (χ4n) is 4.89. The third-order valence-electron chi connectivity index (χ3n) is 6.14. The minimum atomic E-state index is -4.37. The van der Waals surface area contributed by atoms with Crippen LogP contribution in [0, 0.1) is 5.82 Å². The van der Waals surface area contributed by atoms with Gasteiger partial charge in [0, 0.05) is 37.1 Å². The number of fused-ring (bicyclic) bond motifs is 1. The molecule has 4 rings (SSSR count). The van der Waals surface area contributed by atoms with E-state index >= 15 is 0 Å². The van der Waals surface area contributed by atoms with Gasteiger partial charge in [-0.1, -0.05) is 18.2 Å². The molecule has 28 heavy (non-hydrogen) atoms. The number of rotatable bonds is 2. The van der Waals surface area contributed by atoms with Crippen molar-refractivity contribution >= 4 is 0 Å². The molecule has 0 aromatic heterocycles. The average Bonchev–Trinajstić information content (AvgIpc) is 3.00. The molecule has 2 aromatic carbocycles. The van der Waals surface area contributed by atoms with Gasteiger partial charge in [0.1, 0.15) is 5.82 Å². The molecule has 2 nitrogen and oxygen atoms in total. The SMILES string of the molecule is C[C@@H]1CNC[C@H](C)N1C1CC(c2ccc(F)cc2)c2ccc(C(F)(F)F)cc21. The maximum Gasteiger partial charge on any atom is 0.416 e. The number of benzene rings is 2. The predicted molar refractivity (Wildman–Crippen MR) is 101 cm³/mol. The molecule has 150 valence electrons. The smallest absolute Gasteiger partial charge is 0.314 e. The van der Waals surface area contributed by atoms with Gasteiger partial charge in [-0.15, -0.1) is 0 Å². The summed E-state index contributed by atoms with van der Waals surface area (Å²) in [6.45, 7) is 5.86. The Balaban J connectivity index is 1.79. The first-order chi connectivity index (χ1) is 13.3. The number of alkyl halides is 3. The standard InChI is InChI=1S/C22H24F4N2/c1-13-11-27-12-14(2)28(13)21-10-19(15-3-6-17(23)7-4-15)18-8-5-16(9-20(18)21)22(24,25)26/h3-9,13-14,19,21,27H,10-12H2,1-2H3/t13-,14+,19?,21?. The van der Waals surface area contributed by atoms with E-state index in [2.05, 4.69) is 24.1 Å². The molecule has 1 heterocycles. The monoisotopic (exact) mass is 392 g/mol. The van der Waals surface area contributed by atoms with Crippen molar-refractivity contribution in [2.45, 2.75) is 50.5 Å². The Morgan fingerprint density at radius 2 is 1.57 bits per heavy atom. The number of nitrogens with zero attached hydrogens (tertiary/aromatic N) is 1. The van der Waals surface area contributed by atoms with Crippen LogP contribution in [0.3, 0.4) is 0 Å². The summed E-state index contributed by atoms with van der Waals surface area (Å²) in [5, 5.41) is 3.38. The van der Waals surface area contributed by atoms with Crippen molar-refractivity contribution in [3.63, 3.8) is 0 Å². The largest absolute Gasteiger partial charge is 0.416 e. The molecule has 2 aromatic rings. The first kappa shape index (κ1) is 19.4. The highest BCUT2D eigenvalue weighted by Crippen LogP contribution is 2.49. The Hall–Kier alpha value is -1.92. The van der Waals surface area contributed by atoms with Crippen LogP contribution in [0.15, 0.2) is 42.5 Å². The van der Waals surface area contributed by atoms with Crippen LogP contribution in [0.1, 0.15) is 54.5 Å². The van der Waals surface area contributed by atoms with Crippen molar-refractivity contribution in [1.29, 1.82) is 0 Å². The van der Waals surface area contributed by atoms with Gasteiger partial charge in [0.25, 0.3) is 0 Å². The van der Waals surface area contributed by atoms with Gasteiger partial charge < -0.3 is 5.32 Å². The highest BCUT2D eigenvalue weighted by atomic mass is 19.4. The zero-order valence-electron chi connectivity index (χ0n) is 15.9. The molecule has 0 amide bonds. The summed E-state index contributed by atoms with van der Waals surface area (Å²) in [6.07, 6.45) is -3.66. The van der Waals surface area contributed by atoms with Gasteiger partial charge in [0.05, 0.1) is 5.56 Å². The summed E-state index contributed by atoms with van der Waals surface area (Å²) < 4.78 is 53.5. The van der Waals surface area contributed by atoms with Gasteiger partial charge in [-0.25, -0.2) is 4.39 Å². The quantitative estimate of drug-likeness (QED) is 0.715. The lowest BCUT2D eigenvalue weighted by Gasteiger charge is -2.44. The number of piperazine rings is 1. The predicted octanol–water partition coefficient (Wildman–Crippen LogP) is 5.10. The molecule has 6 heteroatoms. The Morgan fingerprint density at radius 3 is 2.18 bits per heavy atom. The van der Waals surface area contributed by atoms with E-state index in [9.17, 15) is 17.6 Å². The van der Waals surface area contributed by atoms with E-state index in [-0.39, 0.29) is 29.9 Å². The fourth-order valence-corrected chi connectivity index (χ4v) is 4.89. The Kier molecular flexibility index (Phi) is 4.96. The molecule has 0 spiro atoms. The molecule has 0 bridgehead atoms. The van der Waals surface area contributed by atoms with Crippen LogP contribution in [0.25, 0.3) is 0 Å². The lowest BCUT2D eigenvalue weighted by atomic mass is 9.92. The maximum atomic E-state index is 13.4. The fraction of sp³-hybridized carbons (Fsp3) is 0.455. The maximum absolute atomic E-state index is 13.4. The van der Waals surface area contributed by atoms with Crippen LogP contribution in [0.5, 0.6) is 0 Å². The molecule has 4 atom stereocenters. The lowest BCUT2D eigenvalue weighted by molar-refractivity contribution is -0.137. The van der Waals surface area contributed by atoms with E-state index in [0.717, 1.165) is 29.8 Å². The highest BCUT2D eigenvalue weighted by molar-refractivity contribution is 5.47. The molecule has 1 saturated heterocycles. The zero-order valence-corrected chi connectivity index (χ0v) is 15.9. The lowest BCUT2D eigenvalue weighted by Crippen LogP contribution is -2.55. The van der Waals surface area contributed by atoms with Crippen molar-refractivity contribution in [3.05, 3.63) is 70.5 Å². The topological polar surface area (TPSA) is 15.3 Å². The first-order valence-corrected chi connectivity index (χ1v) is 9.70. The Morgan fingerprint density at radius 1 is 0.929 bits per heavy atom. The van der Waals surface area contributed by atoms with Crippen molar-refractivity contribution < 1.29 is 17.6 Å². The number of halogens is 4. The Labute approximate surface area is 162 Å². The summed E-state index contributed by atoms with van der Waals surface area (Å²) >= 11 is 0. The van der Waals surface area contributed by atoms with E-state index in [1.54, 1.807) is 18.2 Å². The molecule has 2 unspecified atom stereocenters. The minimum Gasteiger partial charge on any atom is -0.314 e. The molecular weight excluding hydrogens is 368 g/mol. The average molecular weight is 392 g/mol. The second-order valence-corrected chi connectivity index (χ2v) is 8.00. The molecular formula is C22H24F4N2. The number of hydrogen-bond donors (Lipinski definition) is 1.